The Hall–Kier alpha value is -2.44. The Bertz CT molecular complexity index is 735. The van der Waals surface area contributed by atoms with Crippen LogP contribution in [-0.2, 0) is 22.6 Å². The number of fused-ring (bicyclic) bond motifs is 1. The van der Waals surface area contributed by atoms with Gasteiger partial charge < -0.3 is 20.6 Å². The zero-order valence-corrected chi connectivity index (χ0v) is 15.2. The van der Waals surface area contributed by atoms with Crippen LogP contribution >= 0.6 is 11.3 Å². The maximum atomic E-state index is 12.1. The first-order chi connectivity index (χ1) is 11.8. The number of rotatable bonds is 6. The van der Waals surface area contributed by atoms with Crippen LogP contribution in [0.25, 0.3) is 0 Å². The first-order valence-electron chi connectivity index (χ1n) is 7.89. The van der Waals surface area contributed by atoms with Crippen LogP contribution in [-0.4, -0.2) is 46.5 Å². The molecule has 0 fully saturated rings. The van der Waals surface area contributed by atoms with Crippen molar-refractivity contribution in [2.24, 2.45) is 5.92 Å². The van der Waals surface area contributed by atoms with Gasteiger partial charge in [-0.1, -0.05) is 13.8 Å². The molecule has 1 aliphatic rings. The molecule has 134 valence electrons. The summed E-state index contributed by atoms with van der Waals surface area (Å²) in [6.45, 7) is 5.15. The number of thiazole rings is 1. The molecule has 0 saturated carbocycles. The number of aromatic nitrogens is 1. The zero-order chi connectivity index (χ0) is 18.6. The minimum Gasteiger partial charge on any atom is -0.480 e. The van der Waals surface area contributed by atoms with Crippen LogP contribution in [0.1, 0.15) is 24.4 Å². The molecule has 2 heterocycles. The molecule has 1 aliphatic heterocycles. The third-order valence-electron chi connectivity index (χ3n) is 3.85. The number of aliphatic carboxylic acids is 1. The molecule has 0 aromatic carbocycles. The smallest absolute Gasteiger partial charge is 0.326 e. The summed E-state index contributed by atoms with van der Waals surface area (Å²) in [7, 11) is 2.04. The molecule has 0 aliphatic carbocycles. The van der Waals surface area contributed by atoms with Crippen LogP contribution < -0.4 is 10.6 Å². The number of anilines is 1. The summed E-state index contributed by atoms with van der Waals surface area (Å²) in [5.41, 5.74) is 0.838. The normalized spacial score (nSPS) is 16.0. The Morgan fingerprint density at radius 2 is 2.20 bits per heavy atom. The lowest BCUT2D eigenvalue weighted by Gasteiger charge is -2.20. The van der Waals surface area contributed by atoms with Crippen molar-refractivity contribution in [1.82, 2.24) is 15.2 Å². The summed E-state index contributed by atoms with van der Waals surface area (Å²) in [6.07, 6.45) is 2.14. The summed E-state index contributed by atoms with van der Waals surface area (Å²) in [5.74, 6) is -2.15. The highest BCUT2D eigenvalue weighted by Crippen LogP contribution is 2.27. The molecule has 0 spiro atoms. The number of carbonyl (C=O) groups excluding carboxylic acids is 1. The van der Waals surface area contributed by atoms with Gasteiger partial charge in [0.1, 0.15) is 17.7 Å². The predicted molar refractivity (Wildman–Crippen MR) is 93.9 cm³/mol. The molecule has 0 radical (unpaired) electrons. The van der Waals surface area contributed by atoms with Crippen molar-refractivity contribution in [3.05, 3.63) is 22.3 Å². The lowest BCUT2D eigenvalue weighted by molar-refractivity contribution is -0.142. The van der Waals surface area contributed by atoms with Crippen LogP contribution in [0.15, 0.2) is 11.8 Å². The van der Waals surface area contributed by atoms with E-state index >= 15 is 0 Å². The van der Waals surface area contributed by atoms with Gasteiger partial charge in [0.15, 0.2) is 5.13 Å². The fourth-order valence-electron chi connectivity index (χ4n) is 2.40. The number of carbonyl (C=O) groups is 2. The van der Waals surface area contributed by atoms with Crippen LogP contribution in [0.4, 0.5) is 5.13 Å². The van der Waals surface area contributed by atoms with Gasteiger partial charge in [0.2, 0.25) is 0 Å². The topological polar surface area (TPSA) is 118 Å². The molecule has 9 heteroatoms. The molecular weight excluding hydrogens is 342 g/mol. The van der Waals surface area contributed by atoms with Crippen LogP contribution in [0.2, 0.25) is 0 Å². The van der Waals surface area contributed by atoms with Gasteiger partial charge in [0, 0.05) is 30.6 Å². The Kier molecular flexibility index (Phi) is 6.12. The zero-order valence-electron chi connectivity index (χ0n) is 14.4. The van der Waals surface area contributed by atoms with Crippen LogP contribution in [0.5, 0.6) is 0 Å². The second-order valence-electron chi connectivity index (χ2n) is 6.22. The average Bonchev–Trinajstić information content (AvgIpc) is 2.94. The molecule has 1 atom stereocenters. The third-order valence-corrected chi connectivity index (χ3v) is 4.86. The summed E-state index contributed by atoms with van der Waals surface area (Å²) in [6, 6.07) is 0.737. The van der Waals surface area contributed by atoms with Gasteiger partial charge in [-0.15, -0.1) is 11.3 Å². The van der Waals surface area contributed by atoms with E-state index in [0.717, 1.165) is 25.2 Å². The molecule has 1 unspecified atom stereocenters. The molecule has 1 aromatic heterocycles. The van der Waals surface area contributed by atoms with Gasteiger partial charge in [-0.25, -0.2) is 9.78 Å². The van der Waals surface area contributed by atoms with Crippen molar-refractivity contribution in [2.75, 3.05) is 18.9 Å². The highest BCUT2D eigenvalue weighted by atomic mass is 32.1. The minimum absolute atomic E-state index is 0.197. The predicted octanol–water partition coefficient (Wildman–Crippen LogP) is 1.18. The SMILES string of the molecule is CC(C)C(NC(=O)/C(C#N)=C\Nc1nc2c(s1)CN(C)CC2)C(=O)O. The fraction of sp³-hybridized carbons (Fsp3) is 0.500. The molecule has 2 rings (SSSR count). The number of nitrogens with zero attached hydrogens (tertiary/aromatic N) is 3. The first-order valence-corrected chi connectivity index (χ1v) is 8.71. The molecule has 8 nitrogen and oxygen atoms in total. The molecule has 1 amide bonds. The number of hydrogen-bond donors (Lipinski definition) is 3. The van der Waals surface area contributed by atoms with E-state index in [4.69, 9.17) is 5.11 Å². The Morgan fingerprint density at radius 1 is 1.48 bits per heavy atom. The van der Waals surface area contributed by atoms with Crippen molar-refractivity contribution < 1.29 is 14.7 Å². The van der Waals surface area contributed by atoms with E-state index < -0.39 is 17.9 Å². The molecule has 0 saturated heterocycles. The standard InChI is InChI=1S/C16H21N5O3S/c1-9(2)13(15(23)24)20-14(22)10(6-17)7-18-16-19-11-4-5-21(3)8-12(11)25-16/h7,9,13H,4-5,8H2,1-3H3,(H,18,19)(H,20,22)(H,23,24)/b10-7-. The number of nitriles is 1. The van der Waals surface area contributed by atoms with Crippen molar-refractivity contribution >= 4 is 28.3 Å². The summed E-state index contributed by atoms with van der Waals surface area (Å²) in [4.78, 5) is 31.1. The monoisotopic (exact) mass is 363 g/mol. The second kappa shape index (κ2) is 8.09. The number of carboxylic acids is 1. The molecule has 0 bridgehead atoms. The highest BCUT2D eigenvalue weighted by Gasteiger charge is 2.25. The molecule has 3 N–H and O–H groups in total. The van der Waals surface area contributed by atoms with Gasteiger partial charge in [-0.3, -0.25) is 4.79 Å². The number of nitrogens with one attached hydrogen (secondary N) is 2. The maximum Gasteiger partial charge on any atom is 0.326 e. The van der Waals surface area contributed by atoms with Gasteiger partial charge in [0.05, 0.1) is 5.69 Å². The number of amides is 1. The number of likely N-dealkylation sites (N-methyl/N-ethyl adjacent to an activating group) is 1. The van der Waals surface area contributed by atoms with E-state index in [9.17, 15) is 14.9 Å². The van der Waals surface area contributed by atoms with E-state index in [1.54, 1.807) is 19.9 Å². The largest absolute Gasteiger partial charge is 0.480 e. The van der Waals surface area contributed by atoms with Crippen LogP contribution in [0, 0.1) is 17.2 Å². The van der Waals surface area contributed by atoms with Crippen molar-refractivity contribution in [1.29, 1.82) is 5.26 Å². The quantitative estimate of drug-likeness (QED) is 0.513. The average molecular weight is 363 g/mol. The van der Waals surface area contributed by atoms with Crippen LogP contribution in [0.3, 0.4) is 0 Å². The molecule has 1 aromatic rings. The van der Waals surface area contributed by atoms with Crippen molar-refractivity contribution in [3.63, 3.8) is 0 Å². The first kappa shape index (κ1) is 18.9. The van der Waals surface area contributed by atoms with Crippen molar-refractivity contribution in [2.45, 2.75) is 32.9 Å². The summed E-state index contributed by atoms with van der Waals surface area (Å²) >= 11 is 1.48. The fourth-order valence-corrected chi connectivity index (χ4v) is 3.46. The maximum absolute atomic E-state index is 12.1. The molecule has 25 heavy (non-hydrogen) atoms. The summed E-state index contributed by atoms with van der Waals surface area (Å²) in [5, 5.41) is 24.1. The van der Waals surface area contributed by atoms with Gasteiger partial charge >= 0.3 is 5.97 Å². The van der Waals surface area contributed by atoms with Gasteiger partial charge in [0.25, 0.3) is 5.91 Å². The van der Waals surface area contributed by atoms with E-state index in [-0.39, 0.29) is 11.5 Å². The lowest BCUT2D eigenvalue weighted by Crippen LogP contribution is -2.44. The number of carboxylic acid groups (broad SMARTS) is 1. The van der Waals surface area contributed by atoms with Gasteiger partial charge in [-0.2, -0.15) is 5.26 Å². The Labute approximate surface area is 150 Å². The van der Waals surface area contributed by atoms with Gasteiger partial charge in [-0.05, 0) is 13.0 Å². The summed E-state index contributed by atoms with van der Waals surface area (Å²) < 4.78 is 0. The Morgan fingerprint density at radius 3 is 2.80 bits per heavy atom. The van der Waals surface area contributed by atoms with E-state index in [0.29, 0.717) is 5.13 Å². The highest BCUT2D eigenvalue weighted by molar-refractivity contribution is 7.15. The van der Waals surface area contributed by atoms with Crippen molar-refractivity contribution in [3.8, 4) is 6.07 Å². The second-order valence-corrected chi connectivity index (χ2v) is 7.31. The van der Waals surface area contributed by atoms with E-state index in [1.807, 2.05) is 7.05 Å². The lowest BCUT2D eigenvalue weighted by atomic mass is 10.0. The third kappa shape index (κ3) is 4.78. The number of hydrogen-bond acceptors (Lipinski definition) is 7. The molecular formula is C16H21N5O3S. The minimum atomic E-state index is -1.13. The van der Waals surface area contributed by atoms with E-state index in [1.165, 1.54) is 22.4 Å². The Balaban J connectivity index is 2.06. The van der Waals surface area contributed by atoms with E-state index in [2.05, 4.69) is 20.5 Å².